The molecule has 0 spiro atoms. The van der Waals surface area contributed by atoms with E-state index in [0.717, 1.165) is 10.5 Å². The zero-order valence-electron chi connectivity index (χ0n) is 24.4. The first-order valence-electron chi connectivity index (χ1n) is 14.4. The number of aromatic nitrogens is 3. The fraction of sp³-hybridized carbons (Fsp3) is 0.152. The molecule has 0 aliphatic rings. The van der Waals surface area contributed by atoms with Crippen molar-refractivity contribution in [2.45, 2.75) is 11.4 Å². The summed E-state index contributed by atoms with van der Waals surface area (Å²) >= 11 is 1.57. The summed E-state index contributed by atoms with van der Waals surface area (Å²) in [4.78, 5) is 27.3. The monoisotopic (exact) mass is 622 g/mol. The van der Waals surface area contributed by atoms with Gasteiger partial charge in [0.05, 0.1) is 13.2 Å². The number of aromatic hydroxyl groups is 1. The van der Waals surface area contributed by atoms with E-state index in [2.05, 4.69) is 40.9 Å². The van der Waals surface area contributed by atoms with Crippen LogP contribution in [0.25, 0.3) is 0 Å². The average Bonchev–Trinajstić information content (AvgIpc) is 3.07. The summed E-state index contributed by atoms with van der Waals surface area (Å²) in [5.41, 5.74) is 2.97. The number of nitrogens with zero attached hydrogens (tertiary/aromatic N) is 3. The number of hydrogen-bond acceptors (Lipinski definition) is 11. The lowest BCUT2D eigenvalue weighted by Gasteiger charge is -2.12. The predicted octanol–water partition coefficient (Wildman–Crippen LogP) is 5.72. The second-order valence-corrected chi connectivity index (χ2v) is 10.7. The Kier molecular flexibility index (Phi) is 11.5. The molecule has 0 aliphatic carbocycles. The van der Waals surface area contributed by atoms with Crippen LogP contribution >= 0.6 is 11.9 Å². The van der Waals surface area contributed by atoms with Gasteiger partial charge in [0.1, 0.15) is 5.75 Å². The first kappa shape index (κ1) is 31.3. The van der Waals surface area contributed by atoms with Gasteiger partial charge in [0.2, 0.25) is 17.8 Å². The predicted molar refractivity (Wildman–Crippen MR) is 178 cm³/mol. The maximum Gasteiger partial charge on any atom is 0.251 e. The molecule has 5 aromatic rings. The minimum absolute atomic E-state index is 0.159. The molecule has 12 heteroatoms. The van der Waals surface area contributed by atoms with E-state index >= 15 is 0 Å². The largest absolute Gasteiger partial charge is 0.508 e. The van der Waals surface area contributed by atoms with Crippen molar-refractivity contribution in [3.05, 3.63) is 120 Å². The molecule has 5 rings (SSSR count). The van der Waals surface area contributed by atoms with Crippen molar-refractivity contribution >= 4 is 47.1 Å². The van der Waals surface area contributed by atoms with Crippen molar-refractivity contribution < 1.29 is 14.6 Å². The highest BCUT2D eigenvalue weighted by Crippen LogP contribution is 2.21. The summed E-state index contributed by atoms with van der Waals surface area (Å²) in [6.45, 7) is 2.65. The van der Waals surface area contributed by atoms with Gasteiger partial charge in [-0.2, -0.15) is 15.0 Å². The van der Waals surface area contributed by atoms with Gasteiger partial charge in [-0.05, 0) is 78.2 Å². The van der Waals surface area contributed by atoms with Crippen LogP contribution in [0.4, 0.5) is 29.2 Å². The minimum atomic E-state index is -0.162. The normalized spacial score (nSPS) is 10.7. The topological polar surface area (TPSA) is 145 Å². The van der Waals surface area contributed by atoms with Crippen molar-refractivity contribution in [2.24, 2.45) is 0 Å². The van der Waals surface area contributed by atoms with E-state index in [1.54, 1.807) is 60.5 Å². The average molecular weight is 623 g/mol. The Bertz CT molecular complexity index is 1630. The number of amides is 1. The maximum atomic E-state index is 12.6. The van der Waals surface area contributed by atoms with Gasteiger partial charge in [-0.25, -0.2) is 0 Å². The first-order valence-corrected chi connectivity index (χ1v) is 15.2. The molecule has 0 unspecified atom stereocenters. The summed E-state index contributed by atoms with van der Waals surface area (Å²) in [5.74, 6) is 0.961. The molecule has 45 heavy (non-hydrogen) atoms. The van der Waals surface area contributed by atoms with Gasteiger partial charge in [-0.1, -0.05) is 48.5 Å². The zero-order chi connectivity index (χ0) is 31.1. The fourth-order valence-corrected chi connectivity index (χ4v) is 4.67. The summed E-state index contributed by atoms with van der Waals surface area (Å²) < 4.78 is 9.01. The molecule has 0 bridgehead atoms. The van der Waals surface area contributed by atoms with Crippen LogP contribution in [0, 0.1) is 0 Å². The first-order chi connectivity index (χ1) is 22.1. The molecule has 4 aromatic carbocycles. The molecular formula is C33H34N8O3S. The molecule has 0 saturated carbocycles. The number of ether oxygens (including phenoxy) is 1. The van der Waals surface area contributed by atoms with Crippen LogP contribution in [0.2, 0.25) is 0 Å². The number of benzene rings is 4. The highest BCUT2D eigenvalue weighted by molar-refractivity contribution is 7.97. The molecular weight excluding hydrogens is 588 g/mol. The third-order valence-electron chi connectivity index (χ3n) is 6.27. The van der Waals surface area contributed by atoms with E-state index < -0.39 is 0 Å². The van der Waals surface area contributed by atoms with Crippen LogP contribution in [0.5, 0.6) is 5.75 Å². The quantitative estimate of drug-likeness (QED) is 0.0457. The minimum Gasteiger partial charge on any atom is -0.508 e. The molecule has 11 nitrogen and oxygen atoms in total. The van der Waals surface area contributed by atoms with Gasteiger partial charge >= 0.3 is 0 Å². The lowest BCUT2D eigenvalue weighted by Crippen LogP contribution is -2.22. The second kappa shape index (κ2) is 16.6. The van der Waals surface area contributed by atoms with Crippen molar-refractivity contribution in [1.82, 2.24) is 25.0 Å². The van der Waals surface area contributed by atoms with Crippen molar-refractivity contribution in [1.29, 1.82) is 0 Å². The number of carbonyl (C=O) groups excluding carboxylic acids is 1. The van der Waals surface area contributed by atoms with Crippen molar-refractivity contribution in [3.63, 3.8) is 0 Å². The van der Waals surface area contributed by atoms with Gasteiger partial charge in [0, 0.05) is 41.5 Å². The highest BCUT2D eigenvalue weighted by Gasteiger charge is 2.10. The lowest BCUT2D eigenvalue weighted by atomic mass is 10.2. The number of nitrogens with one attached hydrogen (secondary N) is 5. The van der Waals surface area contributed by atoms with Crippen LogP contribution in [-0.4, -0.2) is 52.3 Å². The van der Waals surface area contributed by atoms with E-state index in [-0.39, 0.29) is 11.7 Å². The molecule has 0 atom stereocenters. The smallest absolute Gasteiger partial charge is 0.251 e. The highest BCUT2D eigenvalue weighted by atomic mass is 32.2. The van der Waals surface area contributed by atoms with E-state index in [1.807, 2.05) is 60.7 Å². The van der Waals surface area contributed by atoms with Gasteiger partial charge in [0.25, 0.3) is 5.91 Å². The molecule has 0 aliphatic heterocycles. The molecule has 1 heterocycles. The van der Waals surface area contributed by atoms with Crippen LogP contribution in [0.1, 0.15) is 15.9 Å². The summed E-state index contributed by atoms with van der Waals surface area (Å²) in [7, 11) is 0. The molecule has 0 radical (unpaired) electrons. The van der Waals surface area contributed by atoms with Crippen LogP contribution in [0.3, 0.4) is 0 Å². The standard InChI is InChI=1S/C33H34N8O3S/c42-28-17-15-27(16-18-28)38-33-40-31(34-19-21-44-22-20-36-45-29-9-5-2-6-10-29)39-32(41-33)37-26-13-11-25(12-14-26)30(43)35-23-24-7-3-1-4-8-24/h1-18,36,42H,19-23H2,(H,35,43)(H3,34,37,38,39,40,41). The molecule has 6 N–H and O–H groups in total. The Balaban J connectivity index is 1.15. The van der Waals surface area contributed by atoms with E-state index in [1.165, 1.54) is 0 Å². The zero-order valence-corrected chi connectivity index (χ0v) is 25.3. The van der Waals surface area contributed by atoms with Crippen LogP contribution in [-0.2, 0) is 11.3 Å². The lowest BCUT2D eigenvalue weighted by molar-refractivity contribution is 0.0951. The molecule has 1 aromatic heterocycles. The molecule has 0 fully saturated rings. The van der Waals surface area contributed by atoms with Gasteiger partial charge in [-0.3, -0.25) is 9.52 Å². The molecule has 0 saturated heterocycles. The van der Waals surface area contributed by atoms with Crippen molar-refractivity contribution in [3.8, 4) is 5.75 Å². The van der Waals surface area contributed by atoms with Crippen molar-refractivity contribution in [2.75, 3.05) is 42.3 Å². The number of anilines is 5. The summed E-state index contributed by atoms with van der Waals surface area (Å²) in [6, 6.07) is 33.5. The number of phenols is 1. The molecule has 230 valence electrons. The Morgan fingerprint density at radius 3 is 1.93 bits per heavy atom. The number of hydrogen-bond donors (Lipinski definition) is 6. The van der Waals surface area contributed by atoms with Crippen LogP contribution in [0.15, 0.2) is 114 Å². The van der Waals surface area contributed by atoms with Crippen LogP contribution < -0.4 is 26.0 Å². The van der Waals surface area contributed by atoms with E-state index in [0.29, 0.717) is 67.6 Å². The van der Waals surface area contributed by atoms with E-state index in [9.17, 15) is 9.90 Å². The third kappa shape index (κ3) is 10.5. The number of rotatable bonds is 16. The third-order valence-corrected chi connectivity index (χ3v) is 7.13. The number of carbonyl (C=O) groups is 1. The Morgan fingerprint density at radius 2 is 1.27 bits per heavy atom. The Labute approximate surface area is 266 Å². The summed E-state index contributed by atoms with van der Waals surface area (Å²) in [5, 5.41) is 22.1. The van der Waals surface area contributed by atoms with Gasteiger partial charge in [0.15, 0.2) is 0 Å². The number of phenolic OH excluding ortho intramolecular Hbond substituents is 1. The van der Waals surface area contributed by atoms with E-state index in [4.69, 9.17) is 4.74 Å². The maximum absolute atomic E-state index is 12.6. The van der Waals surface area contributed by atoms with Gasteiger partial charge in [-0.15, -0.1) is 0 Å². The second-order valence-electron chi connectivity index (χ2n) is 9.70. The summed E-state index contributed by atoms with van der Waals surface area (Å²) in [6.07, 6.45) is 0. The molecule has 1 amide bonds. The SMILES string of the molecule is O=C(NCc1ccccc1)c1ccc(Nc2nc(NCCOCCNSc3ccccc3)nc(Nc3ccc(O)cc3)n2)cc1. The Hall–Kier alpha value is -5.17. The fourth-order valence-electron chi connectivity index (χ4n) is 4.03. The Morgan fingerprint density at radius 1 is 0.689 bits per heavy atom. The van der Waals surface area contributed by atoms with Gasteiger partial charge < -0.3 is 31.1 Å².